The highest BCUT2D eigenvalue weighted by Crippen LogP contribution is 2.02. The second-order valence-corrected chi connectivity index (χ2v) is 4.48. The summed E-state index contributed by atoms with van der Waals surface area (Å²) in [6.45, 7) is 2.27. The van der Waals surface area contributed by atoms with Crippen LogP contribution in [0.2, 0.25) is 0 Å². The molecule has 0 aliphatic rings. The van der Waals surface area contributed by atoms with Crippen molar-refractivity contribution in [1.29, 1.82) is 0 Å². The lowest BCUT2D eigenvalue weighted by molar-refractivity contribution is 0.680. The van der Waals surface area contributed by atoms with E-state index in [2.05, 4.69) is 20.7 Å². The van der Waals surface area contributed by atoms with E-state index in [0.29, 0.717) is 6.54 Å². The lowest BCUT2D eigenvalue weighted by atomic mass is 10.2. The van der Waals surface area contributed by atoms with Crippen molar-refractivity contribution in [2.75, 3.05) is 6.54 Å². The van der Waals surface area contributed by atoms with E-state index < -0.39 is 0 Å². The van der Waals surface area contributed by atoms with Crippen LogP contribution in [0.5, 0.6) is 0 Å². The molecule has 0 fully saturated rings. The zero-order valence-corrected chi connectivity index (χ0v) is 10.4. The zero-order chi connectivity index (χ0) is 11.9. The summed E-state index contributed by atoms with van der Waals surface area (Å²) in [5, 5.41) is 5.47. The van der Waals surface area contributed by atoms with Crippen molar-refractivity contribution in [3.05, 3.63) is 46.2 Å². The van der Waals surface area contributed by atoms with Crippen molar-refractivity contribution in [2.45, 2.75) is 19.5 Å². The monoisotopic (exact) mass is 248 g/mol. The van der Waals surface area contributed by atoms with Crippen LogP contribution in [0.15, 0.2) is 29.2 Å². The van der Waals surface area contributed by atoms with Gasteiger partial charge in [-0.1, -0.05) is 0 Å². The Labute approximate surface area is 105 Å². The minimum Gasteiger partial charge on any atom is -0.325 e. The molecule has 2 aromatic heterocycles. The predicted octanol–water partition coefficient (Wildman–Crippen LogP) is 1.33. The molecule has 0 saturated carbocycles. The van der Waals surface area contributed by atoms with Crippen LogP contribution in [-0.2, 0) is 19.5 Å². The second-order valence-electron chi connectivity index (χ2n) is 3.77. The first-order chi connectivity index (χ1) is 8.38. The molecule has 0 aliphatic heterocycles. The van der Waals surface area contributed by atoms with Gasteiger partial charge in [0.1, 0.15) is 0 Å². The molecule has 0 aromatic carbocycles. The van der Waals surface area contributed by atoms with Crippen LogP contribution in [0.25, 0.3) is 0 Å². The molecule has 0 aliphatic carbocycles. The average molecular weight is 248 g/mol. The van der Waals surface area contributed by atoms with Crippen molar-refractivity contribution < 1.29 is 0 Å². The first-order valence-electron chi connectivity index (χ1n) is 5.60. The van der Waals surface area contributed by atoms with Crippen molar-refractivity contribution in [2.24, 2.45) is 5.73 Å². The molecule has 0 amide bonds. The molecule has 17 heavy (non-hydrogen) atoms. The number of aromatic nitrogens is 2. The topological polar surface area (TPSA) is 63.8 Å². The van der Waals surface area contributed by atoms with Crippen LogP contribution < -0.4 is 11.1 Å². The van der Waals surface area contributed by atoms with E-state index in [0.717, 1.165) is 30.9 Å². The number of nitrogens with one attached hydrogen (secondary N) is 1. The van der Waals surface area contributed by atoms with Gasteiger partial charge in [-0.3, -0.25) is 4.98 Å². The zero-order valence-electron chi connectivity index (χ0n) is 9.60. The van der Waals surface area contributed by atoms with Crippen LogP contribution in [-0.4, -0.2) is 16.5 Å². The number of nitrogens with two attached hydrogens (primary N) is 1. The number of hydrogen-bond acceptors (Lipinski definition) is 5. The van der Waals surface area contributed by atoms with Gasteiger partial charge in [0.2, 0.25) is 0 Å². The number of rotatable bonds is 6. The van der Waals surface area contributed by atoms with Gasteiger partial charge in [-0.2, -0.15) is 0 Å². The van der Waals surface area contributed by atoms with Gasteiger partial charge in [0.25, 0.3) is 0 Å². The molecule has 2 heterocycles. The van der Waals surface area contributed by atoms with E-state index in [1.807, 2.05) is 17.6 Å². The molecule has 0 radical (unpaired) electrons. The van der Waals surface area contributed by atoms with E-state index >= 15 is 0 Å². The summed E-state index contributed by atoms with van der Waals surface area (Å²) in [5.74, 6) is 0. The summed E-state index contributed by atoms with van der Waals surface area (Å²) in [7, 11) is 0. The van der Waals surface area contributed by atoms with Crippen molar-refractivity contribution in [3.63, 3.8) is 0 Å². The third-order valence-corrected chi connectivity index (χ3v) is 3.10. The van der Waals surface area contributed by atoms with E-state index in [1.165, 1.54) is 5.56 Å². The highest BCUT2D eigenvalue weighted by molar-refractivity contribution is 7.07. The molecule has 0 unspecified atom stereocenters. The Hall–Kier alpha value is -1.30. The number of hydrogen-bond donors (Lipinski definition) is 2. The fourth-order valence-corrected chi connectivity index (χ4v) is 2.15. The summed E-state index contributed by atoms with van der Waals surface area (Å²) in [6.07, 6.45) is 2.78. The van der Waals surface area contributed by atoms with E-state index in [4.69, 9.17) is 5.73 Å². The van der Waals surface area contributed by atoms with Gasteiger partial charge in [-0.05, 0) is 17.7 Å². The Morgan fingerprint density at radius 2 is 2.24 bits per heavy atom. The van der Waals surface area contributed by atoms with Crippen LogP contribution >= 0.6 is 11.3 Å². The van der Waals surface area contributed by atoms with Gasteiger partial charge in [-0.15, -0.1) is 11.3 Å². The smallest absolute Gasteiger partial charge is 0.0794 e. The molecular weight excluding hydrogens is 232 g/mol. The molecule has 2 rings (SSSR count). The van der Waals surface area contributed by atoms with Gasteiger partial charge in [0.15, 0.2) is 0 Å². The quantitative estimate of drug-likeness (QED) is 0.757. The highest BCUT2D eigenvalue weighted by atomic mass is 32.1. The van der Waals surface area contributed by atoms with Crippen LogP contribution in [0.4, 0.5) is 0 Å². The van der Waals surface area contributed by atoms with E-state index in [-0.39, 0.29) is 0 Å². The largest absolute Gasteiger partial charge is 0.325 e. The standard InChI is InChI=1S/C12H16N4S/c13-6-12-5-10(1-4-15-12)7-14-3-2-11-8-17-9-16-11/h1,4-5,8-9,14H,2-3,6-7,13H2. The van der Waals surface area contributed by atoms with Crippen LogP contribution in [0.3, 0.4) is 0 Å². The Morgan fingerprint density at radius 3 is 3.00 bits per heavy atom. The van der Waals surface area contributed by atoms with Gasteiger partial charge >= 0.3 is 0 Å². The normalized spacial score (nSPS) is 10.6. The predicted molar refractivity (Wildman–Crippen MR) is 69.7 cm³/mol. The lowest BCUT2D eigenvalue weighted by Crippen LogP contribution is -2.17. The summed E-state index contributed by atoms with van der Waals surface area (Å²) in [5.41, 5.74) is 10.7. The third kappa shape index (κ3) is 3.89. The van der Waals surface area contributed by atoms with Crippen molar-refractivity contribution in [3.8, 4) is 0 Å². The van der Waals surface area contributed by atoms with E-state index in [9.17, 15) is 0 Å². The maximum Gasteiger partial charge on any atom is 0.0794 e. The van der Waals surface area contributed by atoms with Gasteiger partial charge in [-0.25, -0.2) is 4.98 Å². The summed E-state index contributed by atoms with van der Waals surface area (Å²) >= 11 is 1.64. The van der Waals surface area contributed by atoms with Crippen molar-refractivity contribution in [1.82, 2.24) is 15.3 Å². The fourth-order valence-electron chi connectivity index (χ4n) is 1.56. The highest BCUT2D eigenvalue weighted by Gasteiger charge is 1.97. The third-order valence-electron chi connectivity index (χ3n) is 2.46. The van der Waals surface area contributed by atoms with Crippen LogP contribution in [0, 0.1) is 0 Å². The first kappa shape index (κ1) is 12.2. The summed E-state index contributed by atoms with van der Waals surface area (Å²) in [4.78, 5) is 8.41. The second kappa shape index (κ2) is 6.44. The Balaban J connectivity index is 1.74. The molecule has 90 valence electrons. The number of nitrogens with zero attached hydrogens (tertiary/aromatic N) is 2. The van der Waals surface area contributed by atoms with Crippen molar-refractivity contribution >= 4 is 11.3 Å². The first-order valence-corrected chi connectivity index (χ1v) is 6.54. The molecule has 2 aromatic rings. The summed E-state index contributed by atoms with van der Waals surface area (Å²) < 4.78 is 0. The molecule has 0 atom stereocenters. The Morgan fingerprint density at radius 1 is 1.29 bits per heavy atom. The number of thiazole rings is 1. The van der Waals surface area contributed by atoms with Crippen LogP contribution in [0.1, 0.15) is 17.0 Å². The molecule has 0 spiro atoms. The maximum absolute atomic E-state index is 5.55. The fraction of sp³-hybridized carbons (Fsp3) is 0.333. The Bertz CT molecular complexity index is 442. The average Bonchev–Trinajstić information content (AvgIpc) is 2.88. The molecule has 4 nitrogen and oxygen atoms in total. The molecule has 5 heteroatoms. The summed E-state index contributed by atoms with van der Waals surface area (Å²) in [6, 6.07) is 4.05. The molecular formula is C12H16N4S. The maximum atomic E-state index is 5.55. The van der Waals surface area contributed by atoms with Gasteiger partial charge in [0.05, 0.1) is 16.9 Å². The minimum atomic E-state index is 0.493. The minimum absolute atomic E-state index is 0.493. The van der Waals surface area contributed by atoms with E-state index in [1.54, 1.807) is 17.5 Å². The molecule has 3 N–H and O–H groups in total. The lowest BCUT2D eigenvalue weighted by Gasteiger charge is -2.05. The Kier molecular flexibility index (Phi) is 4.61. The molecule has 0 saturated heterocycles. The molecule has 0 bridgehead atoms. The SMILES string of the molecule is NCc1cc(CNCCc2cscn2)ccn1. The van der Waals surface area contributed by atoms with Gasteiger partial charge in [0, 0.05) is 37.6 Å². The van der Waals surface area contributed by atoms with Gasteiger partial charge < -0.3 is 11.1 Å². The number of pyridine rings is 1.